The van der Waals surface area contributed by atoms with Gasteiger partial charge in [0.05, 0.1) is 5.69 Å². The largest absolute Gasteiger partial charge is 0.330 e. The van der Waals surface area contributed by atoms with Crippen molar-refractivity contribution in [3.8, 4) is 10.6 Å². The van der Waals surface area contributed by atoms with Crippen molar-refractivity contribution in [1.82, 2.24) is 4.98 Å². The Balaban J connectivity index is 2.02. The molecule has 2 aromatic rings. The number of nitrogens with zero attached hydrogens (tertiary/aromatic N) is 1. The summed E-state index contributed by atoms with van der Waals surface area (Å²) in [5.41, 5.74) is 8.17. The molecule has 0 saturated heterocycles. The standard InChI is InChI=1S/C14H15ClN2S/c15-11-5-1-3-9(7-11)14-17-13-10(8-16)4-2-6-12(13)18-14/h1,3,5,7,10H,2,4,6,8,16H2. The predicted octanol–water partition coefficient (Wildman–Crippen LogP) is 3.84. The molecule has 0 spiro atoms. The summed E-state index contributed by atoms with van der Waals surface area (Å²) < 4.78 is 0. The number of hydrogen-bond acceptors (Lipinski definition) is 3. The third-order valence-electron chi connectivity index (χ3n) is 3.43. The van der Waals surface area contributed by atoms with E-state index in [0.717, 1.165) is 22.0 Å². The van der Waals surface area contributed by atoms with Gasteiger partial charge in [-0.25, -0.2) is 4.98 Å². The van der Waals surface area contributed by atoms with Gasteiger partial charge in [0, 0.05) is 27.9 Å². The van der Waals surface area contributed by atoms with Crippen LogP contribution in [0.1, 0.15) is 29.3 Å². The van der Waals surface area contributed by atoms with E-state index >= 15 is 0 Å². The minimum absolute atomic E-state index is 0.443. The molecule has 0 fully saturated rings. The maximum atomic E-state index is 6.03. The zero-order valence-corrected chi connectivity index (χ0v) is 11.6. The molecule has 2 N–H and O–H groups in total. The first-order chi connectivity index (χ1) is 8.78. The van der Waals surface area contributed by atoms with Gasteiger partial charge < -0.3 is 5.73 Å². The van der Waals surface area contributed by atoms with Crippen LogP contribution in [0.2, 0.25) is 5.02 Å². The molecule has 0 amide bonds. The van der Waals surface area contributed by atoms with Crippen molar-refractivity contribution in [2.45, 2.75) is 25.2 Å². The molecule has 4 heteroatoms. The van der Waals surface area contributed by atoms with Crippen LogP contribution in [0.5, 0.6) is 0 Å². The van der Waals surface area contributed by atoms with Gasteiger partial charge in [0.25, 0.3) is 0 Å². The number of halogens is 1. The molecule has 1 heterocycles. The fourth-order valence-electron chi connectivity index (χ4n) is 2.48. The summed E-state index contributed by atoms with van der Waals surface area (Å²) in [5, 5.41) is 1.83. The van der Waals surface area contributed by atoms with Crippen LogP contribution in [0.3, 0.4) is 0 Å². The highest BCUT2D eigenvalue weighted by Gasteiger charge is 2.23. The monoisotopic (exact) mass is 278 g/mol. The van der Waals surface area contributed by atoms with E-state index in [2.05, 4.69) is 6.07 Å². The molecule has 1 atom stereocenters. The van der Waals surface area contributed by atoms with Crippen LogP contribution < -0.4 is 5.73 Å². The smallest absolute Gasteiger partial charge is 0.123 e. The van der Waals surface area contributed by atoms with E-state index in [0.29, 0.717) is 12.5 Å². The van der Waals surface area contributed by atoms with Crippen LogP contribution >= 0.6 is 22.9 Å². The first kappa shape index (κ1) is 12.2. The van der Waals surface area contributed by atoms with Gasteiger partial charge in [-0.3, -0.25) is 0 Å². The summed E-state index contributed by atoms with van der Waals surface area (Å²) in [6, 6.07) is 7.90. The molecule has 1 aromatic carbocycles. The molecule has 1 aromatic heterocycles. The van der Waals surface area contributed by atoms with Crippen molar-refractivity contribution in [3.63, 3.8) is 0 Å². The Labute approximate surface area is 116 Å². The number of aromatic nitrogens is 1. The minimum atomic E-state index is 0.443. The number of nitrogens with two attached hydrogens (primary N) is 1. The lowest BCUT2D eigenvalue weighted by Gasteiger charge is -2.18. The molecular weight excluding hydrogens is 264 g/mol. The Morgan fingerprint density at radius 2 is 2.33 bits per heavy atom. The Bertz CT molecular complexity index is 565. The first-order valence-electron chi connectivity index (χ1n) is 6.23. The van der Waals surface area contributed by atoms with Crippen molar-refractivity contribution >= 4 is 22.9 Å². The van der Waals surface area contributed by atoms with Crippen LogP contribution in [0.15, 0.2) is 24.3 Å². The van der Waals surface area contributed by atoms with Crippen molar-refractivity contribution < 1.29 is 0 Å². The lowest BCUT2D eigenvalue weighted by atomic mass is 9.91. The highest BCUT2D eigenvalue weighted by Crippen LogP contribution is 2.38. The molecule has 94 valence electrons. The number of hydrogen-bond donors (Lipinski definition) is 1. The molecular formula is C14H15ClN2S. The number of rotatable bonds is 2. The van der Waals surface area contributed by atoms with Gasteiger partial charge in [-0.05, 0) is 31.4 Å². The van der Waals surface area contributed by atoms with Gasteiger partial charge in [-0.1, -0.05) is 23.7 Å². The van der Waals surface area contributed by atoms with E-state index in [9.17, 15) is 0 Å². The number of thiazole rings is 1. The highest BCUT2D eigenvalue weighted by atomic mass is 35.5. The Hall–Kier alpha value is -0.900. The van der Waals surface area contributed by atoms with E-state index in [-0.39, 0.29) is 0 Å². The summed E-state index contributed by atoms with van der Waals surface area (Å²) in [5.74, 6) is 0.443. The van der Waals surface area contributed by atoms with Crippen LogP contribution in [-0.2, 0) is 6.42 Å². The zero-order chi connectivity index (χ0) is 12.5. The van der Waals surface area contributed by atoms with E-state index in [1.807, 2.05) is 18.2 Å². The van der Waals surface area contributed by atoms with Crippen molar-refractivity contribution in [2.24, 2.45) is 5.73 Å². The van der Waals surface area contributed by atoms with Crippen molar-refractivity contribution in [1.29, 1.82) is 0 Å². The Morgan fingerprint density at radius 1 is 1.44 bits per heavy atom. The van der Waals surface area contributed by atoms with Crippen molar-refractivity contribution in [3.05, 3.63) is 39.9 Å². The molecule has 18 heavy (non-hydrogen) atoms. The normalized spacial score (nSPS) is 18.7. The molecule has 1 unspecified atom stereocenters. The second-order valence-electron chi connectivity index (χ2n) is 4.66. The van der Waals surface area contributed by atoms with E-state index in [1.165, 1.54) is 23.4 Å². The van der Waals surface area contributed by atoms with Gasteiger partial charge in [-0.15, -0.1) is 11.3 Å². The highest BCUT2D eigenvalue weighted by molar-refractivity contribution is 7.15. The number of fused-ring (bicyclic) bond motifs is 1. The molecule has 1 aliphatic rings. The van der Waals surface area contributed by atoms with Crippen LogP contribution in [0.25, 0.3) is 10.6 Å². The molecule has 2 nitrogen and oxygen atoms in total. The third-order valence-corrected chi connectivity index (χ3v) is 4.84. The summed E-state index contributed by atoms with van der Waals surface area (Å²) in [7, 11) is 0. The summed E-state index contributed by atoms with van der Waals surface area (Å²) in [6.07, 6.45) is 3.54. The lowest BCUT2D eigenvalue weighted by Crippen LogP contribution is -2.17. The Morgan fingerprint density at radius 3 is 3.11 bits per heavy atom. The number of aryl methyl sites for hydroxylation is 1. The second-order valence-corrected chi connectivity index (χ2v) is 6.18. The number of benzene rings is 1. The summed E-state index contributed by atoms with van der Waals surface area (Å²) in [4.78, 5) is 6.20. The van der Waals surface area contributed by atoms with Crippen LogP contribution in [0, 0.1) is 0 Å². The fraction of sp³-hybridized carbons (Fsp3) is 0.357. The van der Waals surface area contributed by atoms with Gasteiger partial charge in [0.1, 0.15) is 5.01 Å². The molecule has 0 radical (unpaired) electrons. The molecule has 0 bridgehead atoms. The molecule has 3 rings (SSSR count). The lowest BCUT2D eigenvalue weighted by molar-refractivity contribution is 0.554. The average molecular weight is 279 g/mol. The van der Waals surface area contributed by atoms with Gasteiger partial charge in [-0.2, -0.15) is 0 Å². The van der Waals surface area contributed by atoms with Crippen LogP contribution in [0.4, 0.5) is 0 Å². The topological polar surface area (TPSA) is 38.9 Å². The maximum absolute atomic E-state index is 6.03. The third kappa shape index (κ3) is 2.18. The molecule has 0 saturated carbocycles. The summed E-state index contributed by atoms with van der Waals surface area (Å²) in [6.45, 7) is 0.700. The SMILES string of the molecule is NCC1CCCc2sc(-c3cccc(Cl)c3)nc21. The van der Waals surface area contributed by atoms with Gasteiger partial charge >= 0.3 is 0 Å². The molecule has 0 aliphatic heterocycles. The average Bonchev–Trinajstić information content (AvgIpc) is 2.82. The Kier molecular flexibility index (Phi) is 3.37. The predicted molar refractivity (Wildman–Crippen MR) is 77.3 cm³/mol. The molecule has 1 aliphatic carbocycles. The van der Waals surface area contributed by atoms with E-state index in [1.54, 1.807) is 11.3 Å². The van der Waals surface area contributed by atoms with E-state index in [4.69, 9.17) is 22.3 Å². The van der Waals surface area contributed by atoms with Gasteiger partial charge in [0.2, 0.25) is 0 Å². The van der Waals surface area contributed by atoms with E-state index < -0.39 is 0 Å². The first-order valence-corrected chi connectivity index (χ1v) is 7.43. The van der Waals surface area contributed by atoms with Gasteiger partial charge in [0.15, 0.2) is 0 Å². The van der Waals surface area contributed by atoms with Crippen molar-refractivity contribution in [2.75, 3.05) is 6.54 Å². The fourth-order valence-corrected chi connectivity index (χ4v) is 3.86. The zero-order valence-electron chi connectivity index (χ0n) is 10.0. The summed E-state index contributed by atoms with van der Waals surface area (Å²) >= 11 is 7.83. The quantitative estimate of drug-likeness (QED) is 0.906. The second kappa shape index (κ2) is 5.00. The minimum Gasteiger partial charge on any atom is -0.330 e. The van der Waals surface area contributed by atoms with Crippen LogP contribution in [-0.4, -0.2) is 11.5 Å². The maximum Gasteiger partial charge on any atom is 0.123 e.